The van der Waals surface area contributed by atoms with Crippen molar-refractivity contribution in [2.45, 2.75) is 142 Å². The highest BCUT2D eigenvalue weighted by Gasteiger charge is 2.50. The van der Waals surface area contributed by atoms with Gasteiger partial charge >= 0.3 is 0 Å². The number of unbranched alkanes of at least 4 members (excludes halogenated alkanes) is 15. The average molecular weight is 418 g/mol. The highest BCUT2D eigenvalue weighted by molar-refractivity contribution is 4.77. The molecule has 2 atom stereocenters. The van der Waals surface area contributed by atoms with Gasteiger partial charge in [-0.3, -0.25) is 0 Å². The molecule has 3 heteroatoms. The first kappa shape index (κ1) is 28.2. The third-order valence-electron chi connectivity index (χ3n) is 6.39. The minimum atomic E-state index is 0. The zero-order valence-electron chi connectivity index (χ0n) is 19.8. The van der Waals surface area contributed by atoms with E-state index in [0.29, 0.717) is 12.3 Å². The van der Waals surface area contributed by atoms with Crippen LogP contribution in [0.25, 0.3) is 0 Å². The van der Waals surface area contributed by atoms with Gasteiger partial charge in [0.15, 0.2) is 0 Å². The lowest BCUT2D eigenvalue weighted by atomic mass is 10.0. The highest BCUT2D eigenvalue weighted by Crippen LogP contribution is 2.33. The first-order valence-corrected chi connectivity index (χ1v) is 12.6. The lowest BCUT2D eigenvalue weighted by Gasteiger charge is -2.27. The summed E-state index contributed by atoms with van der Waals surface area (Å²) in [6.07, 6.45) is 26.7. The number of likely N-dealkylation sites (N-methyl/N-ethyl adjacent to an activating group) is 1. The Bertz CT molecular complexity index is 335. The van der Waals surface area contributed by atoms with Crippen molar-refractivity contribution in [1.29, 1.82) is 0 Å². The second kappa shape index (κ2) is 18.0. The van der Waals surface area contributed by atoms with E-state index in [1.807, 2.05) is 0 Å². The second-order valence-electron chi connectivity index (χ2n) is 9.66. The summed E-state index contributed by atoms with van der Waals surface area (Å²) in [6, 6.07) is 0. The van der Waals surface area contributed by atoms with Crippen molar-refractivity contribution < 1.29 is 21.6 Å². The molecule has 1 fully saturated rings. The van der Waals surface area contributed by atoms with Crippen LogP contribution in [0.2, 0.25) is 0 Å². The molecule has 0 aromatic carbocycles. The van der Waals surface area contributed by atoms with Gasteiger partial charge in [-0.1, -0.05) is 117 Å². The van der Waals surface area contributed by atoms with Crippen LogP contribution in [0.1, 0.15) is 129 Å². The molecule has 2 unspecified atom stereocenters. The molecule has 0 bridgehead atoms. The second-order valence-corrected chi connectivity index (χ2v) is 9.66. The van der Waals surface area contributed by atoms with Crippen LogP contribution in [-0.4, -0.2) is 37.5 Å². The summed E-state index contributed by atoms with van der Waals surface area (Å²) in [4.78, 5) is 0. The Balaban J connectivity index is 0.00000729. The van der Waals surface area contributed by atoms with E-state index in [9.17, 15) is 0 Å². The maximum atomic E-state index is 5.93. The molecule has 0 aromatic heterocycles. The lowest BCUT2D eigenvalue weighted by Crippen LogP contribution is -3.00. The maximum absolute atomic E-state index is 5.93. The minimum Gasteiger partial charge on any atom is -1.00 e. The molecule has 1 aliphatic rings. The van der Waals surface area contributed by atoms with Crippen molar-refractivity contribution >= 4 is 0 Å². The molecule has 0 amide bonds. The Morgan fingerprint density at radius 1 is 0.571 bits per heavy atom. The van der Waals surface area contributed by atoms with E-state index in [2.05, 4.69) is 27.9 Å². The first-order valence-electron chi connectivity index (χ1n) is 12.6. The topological polar surface area (TPSA) is 12.5 Å². The molecule has 0 spiro atoms. The summed E-state index contributed by atoms with van der Waals surface area (Å²) in [7, 11) is 4.64. The number of quaternary nitrogens is 1. The maximum Gasteiger partial charge on any atom is 0.220 e. The Morgan fingerprint density at radius 3 is 1.36 bits per heavy atom. The van der Waals surface area contributed by atoms with Crippen LogP contribution in [0.5, 0.6) is 0 Å². The molecular weight excluding hydrogens is 366 g/mol. The lowest BCUT2D eigenvalue weighted by molar-refractivity contribution is -0.911. The van der Waals surface area contributed by atoms with Crippen molar-refractivity contribution in [1.82, 2.24) is 0 Å². The number of epoxide rings is 1. The Hall–Kier alpha value is 0.210. The quantitative estimate of drug-likeness (QED) is 0.157. The molecule has 170 valence electrons. The van der Waals surface area contributed by atoms with Gasteiger partial charge in [0.05, 0.1) is 20.6 Å². The van der Waals surface area contributed by atoms with E-state index < -0.39 is 0 Å². The minimum absolute atomic E-state index is 0. The standard InChI is InChI=1S/C25H52NO.ClH/c1-5-7-8-9-10-11-12-13-14-15-16-17-18-19-20-21-22-24-25(27-24)26(3,4)23-6-2;/h24-25H,5-23H2,1-4H3;1H/q+1;/p-1. The van der Waals surface area contributed by atoms with Crippen LogP contribution in [0, 0.1) is 0 Å². The number of hydrogen-bond donors (Lipinski definition) is 0. The smallest absolute Gasteiger partial charge is 0.220 e. The molecule has 0 radical (unpaired) electrons. The van der Waals surface area contributed by atoms with Gasteiger partial charge in [-0.25, -0.2) is 0 Å². The van der Waals surface area contributed by atoms with E-state index in [1.54, 1.807) is 0 Å². The molecular formula is C25H52ClNO. The summed E-state index contributed by atoms with van der Waals surface area (Å²) in [5, 5.41) is 0. The molecule has 0 aliphatic carbocycles. The van der Waals surface area contributed by atoms with Gasteiger partial charge in [0.25, 0.3) is 0 Å². The number of halogens is 1. The van der Waals surface area contributed by atoms with Gasteiger partial charge < -0.3 is 21.6 Å². The molecule has 2 nitrogen and oxygen atoms in total. The SMILES string of the molecule is CCCCCCCCCCCCCCCCCCC1OC1[N+](C)(C)CCC.[Cl-]. The zero-order valence-corrected chi connectivity index (χ0v) is 20.6. The van der Waals surface area contributed by atoms with Crippen LogP contribution in [0.4, 0.5) is 0 Å². The van der Waals surface area contributed by atoms with Crippen LogP contribution in [0.15, 0.2) is 0 Å². The van der Waals surface area contributed by atoms with Crippen molar-refractivity contribution in [2.24, 2.45) is 0 Å². The average Bonchev–Trinajstić information content (AvgIpc) is 3.42. The predicted molar refractivity (Wildman–Crippen MR) is 120 cm³/mol. The fourth-order valence-electron chi connectivity index (χ4n) is 4.56. The Morgan fingerprint density at radius 2 is 0.964 bits per heavy atom. The summed E-state index contributed by atoms with van der Waals surface area (Å²) >= 11 is 0. The van der Waals surface area contributed by atoms with Crippen molar-refractivity contribution in [3.63, 3.8) is 0 Å². The molecule has 1 heterocycles. The van der Waals surface area contributed by atoms with E-state index in [-0.39, 0.29) is 12.4 Å². The molecule has 1 saturated heterocycles. The fraction of sp³-hybridized carbons (Fsp3) is 1.00. The number of ether oxygens (including phenoxy) is 1. The molecule has 0 saturated carbocycles. The summed E-state index contributed by atoms with van der Waals surface area (Å²) < 4.78 is 6.99. The largest absolute Gasteiger partial charge is 1.00 e. The van der Waals surface area contributed by atoms with E-state index in [0.717, 1.165) is 4.48 Å². The zero-order chi connectivity index (χ0) is 19.8. The van der Waals surface area contributed by atoms with Crippen LogP contribution in [0.3, 0.4) is 0 Å². The monoisotopic (exact) mass is 417 g/mol. The normalized spacial score (nSPS) is 18.9. The van der Waals surface area contributed by atoms with Crippen molar-refractivity contribution in [3.05, 3.63) is 0 Å². The third-order valence-corrected chi connectivity index (χ3v) is 6.39. The number of nitrogens with zero attached hydrogens (tertiary/aromatic N) is 1. The van der Waals surface area contributed by atoms with Gasteiger partial charge in [-0.05, 0) is 12.8 Å². The van der Waals surface area contributed by atoms with Crippen molar-refractivity contribution in [3.8, 4) is 0 Å². The molecule has 0 N–H and O–H groups in total. The fourth-order valence-corrected chi connectivity index (χ4v) is 4.56. The summed E-state index contributed by atoms with van der Waals surface area (Å²) in [6.45, 7) is 5.81. The third kappa shape index (κ3) is 14.2. The van der Waals surface area contributed by atoms with Crippen LogP contribution >= 0.6 is 0 Å². The molecule has 1 aliphatic heterocycles. The summed E-state index contributed by atoms with van der Waals surface area (Å²) in [5.74, 6) is 0. The molecule has 28 heavy (non-hydrogen) atoms. The summed E-state index contributed by atoms with van der Waals surface area (Å²) in [5.41, 5.74) is 0. The number of hydrogen-bond acceptors (Lipinski definition) is 1. The Labute approximate surface area is 184 Å². The predicted octanol–water partition coefficient (Wildman–Crippen LogP) is 4.85. The van der Waals surface area contributed by atoms with Gasteiger partial charge in [0.2, 0.25) is 6.23 Å². The number of rotatable bonds is 20. The highest BCUT2D eigenvalue weighted by atomic mass is 35.5. The van der Waals surface area contributed by atoms with Crippen molar-refractivity contribution in [2.75, 3.05) is 20.6 Å². The first-order chi connectivity index (χ1) is 13.1. The van der Waals surface area contributed by atoms with E-state index >= 15 is 0 Å². The molecule has 0 aromatic rings. The van der Waals surface area contributed by atoms with Crippen LogP contribution < -0.4 is 12.4 Å². The van der Waals surface area contributed by atoms with Gasteiger partial charge in [-0.2, -0.15) is 0 Å². The van der Waals surface area contributed by atoms with Gasteiger partial charge in [0, 0.05) is 0 Å². The molecule has 1 rings (SSSR count). The van der Waals surface area contributed by atoms with Gasteiger partial charge in [0.1, 0.15) is 6.10 Å². The Kier molecular flexibility index (Phi) is 18.2. The van der Waals surface area contributed by atoms with Gasteiger partial charge in [-0.15, -0.1) is 0 Å². The van der Waals surface area contributed by atoms with E-state index in [1.165, 1.54) is 122 Å². The van der Waals surface area contributed by atoms with Crippen LogP contribution in [-0.2, 0) is 4.74 Å². The van der Waals surface area contributed by atoms with E-state index in [4.69, 9.17) is 4.74 Å².